The van der Waals surface area contributed by atoms with Crippen molar-refractivity contribution in [2.75, 3.05) is 0 Å². The third-order valence-electron chi connectivity index (χ3n) is 2.58. The number of nitrogens with one attached hydrogen (secondary N) is 1. The van der Waals surface area contributed by atoms with Gasteiger partial charge in [-0.05, 0) is 32.9 Å². The molecule has 1 amide bonds. The van der Waals surface area contributed by atoms with Crippen LogP contribution >= 0.6 is 0 Å². The Morgan fingerprint density at radius 2 is 2.26 bits per heavy atom. The first-order chi connectivity index (χ1) is 9.06. The SMILES string of the molecule is Cc1oc(-c2cccnc2)nc1CC(=O)NC(C)C. The number of aromatic nitrogens is 2. The summed E-state index contributed by atoms with van der Waals surface area (Å²) in [6.45, 7) is 5.66. The molecule has 5 heteroatoms. The maximum atomic E-state index is 11.7. The molecule has 19 heavy (non-hydrogen) atoms. The lowest BCUT2D eigenvalue weighted by Gasteiger charge is -2.06. The van der Waals surface area contributed by atoms with E-state index in [1.54, 1.807) is 12.4 Å². The molecule has 0 saturated heterocycles. The van der Waals surface area contributed by atoms with Gasteiger partial charge in [-0.15, -0.1) is 0 Å². The molecule has 0 atom stereocenters. The lowest BCUT2D eigenvalue weighted by Crippen LogP contribution is -2.31. The van der Waals surface area contributed by atoms with Crippen molar-refractivity contribution >= 4 is 5.91 Å². The number of pyridine rings is 1. The van der Waals surface area contributed by atoms with Crippen LogP contribution in [0.4, 0.5) is 0 Å². The highest BCUT2D eigenvalue weighted by atomic mass is 16.4. The van der Waals surface area contributed by atoms with Crippen LogP contribution in [0.1, 0.15) is 25.3 Å². The number of amides is 1. The summed E-state index contributed by atoms with van der Waals surface area (Å²) >= 11 is 0. The fraction of sp³-hybridized carbons (Fsp3) is 0.357. The topological polar surface area (TPSA) is 68.0 Å². The monoisotopic (exact) mass is 259 g/mol. The van der Waals surface area contributed by atoms with Gasteiger partial charge < -0.3 is 9.73 Å². The highest BCUT2D eigenvalue weighted by Crippen LogP contribution is 2.20. The summed E-state index contributed by atoms with van der Waals surface area (Å²) in [6.07, 6.45) is 3.60. The Morgan fingerprint density at radius 3 is 2.89 bits per heavy atom. The molecule has 0 fully saturated rings. The summed E-state index contributed by atoms with van der Waals surface area (Å²) in [7, 11) is 0. The summed E-state index contributed by atoms with van der Waals surface area (Å²) in [5, 5.41) is 2.83. The second kappa shape index (κ2) is 5.65. The molecule has 0 aliphatic rings. The molecule has 2 aromatic rings. The van der Waals surface area contributed by atoms with E-state index in [9.17, 15) is 4.79 Å². The standard InChI is InChI=1S/C14H17N3O2/c1-9(2)16-13(18)7-12-10(3)19-14(17-12)11-5-4-6-15-8-11/h4-6,8-9H,7H2,1-3H3,(H,16,18). The first kappa shape index (κ1) is 13.3. The van der Waals surface area contributed by atoms with E-state index >= 15 is 0 Å². The average Bonchev–Trinajstić information content (AvgIpc) is 2.71. The second-order valence-corrected chi connectivity index (χ2v) is 4.66. The number of carbonyl (C=O) groups is 1. The van der Waals surface area contributed by atoms with Crippen molar-refractivity contribution in [3.63, 3.8) is 0 Å². The fourth-order valence-electron chi connectivity index (χ4n) is 1.73. The number of aryl methyl sites for hydroxylation is 1. The van der Waals surface area contributed by atoms with E-state index in [2.05, 4.69) is 15.3 Å². The van der Waals surface area contributed by atoms with Crippen LogP contribution in [0.2, 0.25) is 0 Å². The normalized spacial score (nSPS) is 10.7. The van der Waals surface area contributed by atoms with Gasteiger partial charge >= 0.3 is 0 Å². The zero-order valence-corrected chi connectivity index (χ0v) is 11.3. The molecule has 1 N–H and O–H groups in total. The van der Waals surface area contributed by atoms with Gasteiger partial charge in [0.25, 0.3) is 0 Å². The summed E-state index contributed by atoms with van der Waals surface area (Å²) < 4.78 is 5.58. The number of oxazole rings is 1. The Labute approximate surface area is 112 Å². The quantitative estimate of drug-likeness (QED) is 0.913. The van der Waals surface area contributed by atoms with Gasteiger partial charge in [0.05, 0.1) is 17.7 Å². The van der Waals surface area contributed by atoms with E-state index in [0.717, 1.165) is 5.56 Å². The Kier molecular flexibility index (Phi) is 3.94. The van der Waals surface area contributed by atoms with E-state index in [1.165, 1.54) is 0 Å². The van der Waals surface area contributed by atoms with Crippen molar-refractivity contribution in [3.05, 3.63) is 36.0 Å². The molecule has 0 aliphatic carbocycles. The molecular formula is C14H17N3O2. The van der Waals surface area contributed by atoms with Gasteiger partial charge in [0.15, 0.2) is 0 Å². The minimum Gasteiger partial charge on any atom is -0.441 e. The first-order valence-corrected chi connectivity index (χ1v) is 6.22. The van der Waals surface area contributed by atoms with Gasteiger partial charge in [-0.2, -0.15) is 0 Å². The smallest absolute Gasteiger partial charge is 0.228 e. The van der Waals surface area contributed by atoms with Crippen molar-refractivity contribution < 1.29 is 9.21 Å². The average molecular weight is 259 g/mol. The van der Waals surface area contributed by atoms with Crippen LogP contribution in [0.3, 0.4) is 0 Å². The first-order valence-electron chi connectivity index (χ1n) is 6.22. The van der Waals surface area contributed by atoms with E-state index in [1.807, 2.05) is 32.9 Å². The van der Waals surface area contributed by atoms with Gasteiger partial charge in [0, 0.05) is 18.4 Å². The molecule has 0 bridgehead atoms. The zero-order chi connectivity index (χ0) is 13.8. The molecule has 100 valence electrons. The number of hydrogen-bond acceptors (Lipinski definition) is 4. The Morgan fingerprint density at radius 1 is 1.47 bits per heavy atom. The summed E-state index contributed by atoms with van der Waals surface area (Å²) in [5.41, 5.74) is 1.47. The van der Waals surface area contributed by atoms with Crippen molar-refractivity contribution in [2.45, 2.75) is 33.2 Å². The van der Waals surface area contributed by atoms with E-state index in [-0.39, 0.29) is 18.4 Å². The van der Waals surface area contributed by atoms with Crippen molar-refractivity contribution in [2.24, 2.45) is 0 Å². The molecule has 0 aliphatic heterocycles. The summed E-state index contributed by atoms with van der Waals surface area (Å²) in [6, 6.07) is 3.81. The molecule has 0 unspecified atom stereocenters. The lowest BCUT2D eigenvalue weighted by molar-refractivity contribution is -0.121. The fourth-order valence-corrected chi connectivity index (χ4v) is 1.73. The van der Waals surface area contributed by atoms with Gasteiger partial charge in [-0.3, -0.25) is 9.78 Å². The van der Waals surface area contributed by atoms with Crippen LogP contribution < -0.4 is 5.32 Å². The van der Waals surface area contributed by atoms with Crippen LogP contribution in [0.15, 0.2) is 28.9 Å². The van der Waals surface area contributed by atoms with Crippen LogP contribution in [0.25, 0.3) is 11.5 Å². The van der Waals surface area contributed by atoms with Gasteiger partial charge in [0.1, 0.15) is 5.76 Å². The minimum atomic E-state index is -0.0517. The number of carbonyl (C=O) groups excluding carboxylic acids is 1. The molecule has 0 aromatic carbocycles. The molecule has 0 spiro atoms. The Bertz CT molecular complexity index is 561. The molecule has 0 radical (unpaired) electrons. The van der Waals surface area contributed by atoms with Crippen molar-refractivity contribution in [1.82, 2.24) is 15.3 Å². The van der Waals surface area contributed by atoms with Crippen LogP contribution in [-0.2, 0) is 11.2 Å². The third kappa shape index (κ3) is 3.40. The summed E-state index contributed by atoms with van der Waals surface area (Å²) in [5.74, 6) is 1.11. The highest BCUT2D eigenvalue weighted by molar-refractivity contribution is 5.78. The molecule has 2 aromatic heterocycles. The maximum absolute atomic E-state index is 11.7. The lowest BCUT2D eigenvalue weighted by atomic mass is 10.2. The van der Waals surface area contributed by atoms with Gasteiger partial charge in [-0.1, -0.05) is 0 Å². The van der Waals surface area contributed by atoms with E-state index < -0.39 is 0 Å². The van der Waals surface area contributed by atoms with Gasteiger partial charge in [0.2, 0.25) is 11.8 Å². The molecule has 5 nitrogen and oxygen atoms in total. The number of rotatable bonds is 4. The maximum Gasteiger partial charge on any atom is 0.228 e. The van der Waals surface area contributed by atoms with Crippen molar-refractivity contribution in [1.29, 1.82) is 0 Å². The second-order valence-electron chi connectivity index (χ2n) is 4.66. The number of nitrogens with zero attached hydrogens (tertiary/aromatic N) is 2. The predicted octanol–water partition coefficient (Wildman–Crippen LogP) is 2.11. The van der Waals surface area contributed by atoms with Gasteiger partial charge in [-0.25, -0.2) is 4.98 Å². The van der Waals surface area contributed by atoms with Crippen LogP contribution in [-0.4, -0.2) is 21.9 Å². The third-order valence-corrected chi connectivity index (χ3v) is 2.58. The van der Waals surface area contributed by atoms with E-state index in [0.29, 0.717) is 17.3 Å². The highest BCUT2D eigenvalue weighted by Gasteiger charge is 2.15. The predicted molar refractivity (Wildman–Crippen MR) is 71.5 cm³/mol. The summed E-state index contributed by atoms with van der Waals surface area (Å²) in [4.78, 5) is 20.1. The molecule has 2 rings (SSSR count). The van der Waals surface area contributed by atoms with Crippen LogP contribution in [0.5, 0.6) is 0 Å². The Hall–Kier alpha value is -2.17. The number of hydrogen-bond donors (Lipinski definition) is 1. The van der Waals surface area contributed by atoms with E-state index in [4.69, 9.17) is 4.42 Å². The van der Waals surface area contributed by atoms with Crippen LogP contribution in [0, 0.1) is 6.92 Å². The van der Waals surface area contributed by atoms with Crippen molar-refractivity contribution in [3.8, 4) is 11.5 Å². The molecule has 0 saturated carbocycles. The molecule has 2 heterocycles. The minimum absolute atomic E-state index is 0.0517. The largest absolute Gasteiger partial charge is 0.441 e. The molecular weight excluding hydrogens is 242 g/mol. The Balaban J connectivity index is 2.16. The zero-order valence-electron chi connectivity index (χ0n) is 11.3.